The van der Waals surface area contributed by atoms with Crippen LogP contribution in [0.15, 0.2) is 0 Å². The second-order valence-corrected chi connectivity index (χ2v) is 2.66. The summed E-state index contributed by atoms with van der Waals surface area (Å²) in [6, 6.07) is 0. The van der Waals surface area contributed by atoms with Gasteiger partial charge >= 0.3 is 10.4 Å². The molecule has 1 aliphatic heterocycles. The van der Waals surface area contributed by atoms with Gasteiger partial charge in [0.05, 0.1) is 0 Å². The predicted molar refractivity (Wildman–Crippen MR) is 37.8 cm³/mol. The quantitative estimate of drug-likeness (QED) is 0.488. The maximum absolute atomic E-state index is 8.74. The Kier molecular flexibility index (Phi) is 7.91. The fraction of sp³-hybridized carbons (Fsp3) is 1.00. The predicted octanol–water partition coefficient (Wildman–Crippen LogP) is -0.681. The Balaban J connectivity index is 0. The van der Waals surface area contributed by atoms with Gasteiger partial charge < -0.3 is 10.2 Å². The lowest BCUT2D eigenvalue weighted by Crippen LogP contribution is -1.89. The molecular formula is C4H12O6S. The van der Waals surface area contributed by atoms with E-state index < -0.39 is 10.4 Å². The van der Waals surface area contributed by atoms with Crippen molar-refractivity contribution in [3.05, 3.63) is 0 Å². The van der Waals surface area contributed by atoms with Gasteiger partial charge in [0.25, 0.3) is 0 Å². The zero-order chi connectivity index (χ0) is 8.04. The highest BCUT2D eigenvalue weighted by Gasteiger charge is 1.94. The zero-order valence-corrected chi connectivity index (χ0v) is 6.67. The van der Waals surface area contributed by atoms with Crippen molar-refractivity contribution in [3.63, 3.8) is 0 Å². The molecule has 4 N–H and O–H groups in total. The van der Waals surface area contributed by atoms with E-state index in [1.807, 2.05) is 0 Å². The van der Waals surface area contributed by atoms with E-state index >= 15 is 0 Å². The molecule has 6 nitrogen and oxygen atoms in total. The molecule has 0 unspecified atom stereocenters. The molecule has 0 amide bonds. The van der Waals surface area contributed by atoms with E-state index in [2.05, 4.69) is 0 Å². The Labute approximate surface area is 65.1 Å². The minimum atomic E-state index is -4.67. The molecule has 0 aliphatic carbocycles. The van der Waals surface area contributed by atoms with E-state index in [4.69, 9.17) is 22.3 Å². The number of hydrogen-bond acceptors (Lipinski definition) is 3. The molecule has 70 valence electrons. The third-order valence-electron chi connectivity index (χ3n) is 0.827. The molecule has 0 bridgehead atoms. The second-order valence-electron chi connectivity index (χ2n) is 1.77. The molecule has 1 heterocycles. The van der Waals surface area contributed by atoms with Crippen molar-refractivity contribution in [2.24, 2.45) is 0 Å². The van der Waals surface area contributed by atoms with Crippen molar-refractivity contribution in [2.75, 3.05) is 13.2 Å². The van der Waals surface area contributed by atoms with Crippen LogP contribution in [0.3, 0.4) is 0 Å². The van der Waals surface area contributed by atoms with Gasteiger partial charge in [0.15, 0.2) is 0 Å². The largest absolute Gasteiger partial charge is 0.412 e. The maximum Gasteiger partial charge on any atom is 0.394 e. The van der Waals surface area contributed by atoms with Crippen molar-refractivity contribution in [1.29, 1.82) is 0 Å². The summed E-state index contributed by atoms with van der Waals surface area (Å²) in [6.07, 6.45) is 2.56. The summed E-state index contributed by atoms with van der Waals surface area (Å²) in [5.41, 5.74) is 0. The van der Waals surface area contributed by atoms with Crippen LogP contribution in [0.2, 0.25) is 0 Å². The highest BCUT2D eigenvalue weighted by molar-refractivity contribution is 7.79. The molecule has 1 saturated heterocycles. The van der Waals surface area contributed by atoms with Gasteiger partial charge in [-0.15, -0.1) is 0 Å². The Morgan fingerprint density at radius 1 is 1.09 bits per heavy atom. The normalized spacial score (nSPS) is 16.2. The summed E-state index contributed by atoms with van der Waals surface area (Å²) < 4.78 is 36.5. The van der Waals surface area contributed by atoms with Crippen molar-refractivity contribution in [1.82, 2.24) is 0 Å². The Morgan fingerprint density at radius 2 is 1.36 bits per heavy atom. The monoisotopic (exact) mass is 188 g/mol. The third-order valence-corrected chi connectivity index (χ3v) is 0.827. The Hall–Kier alpha value is -0.210. The van der Waals surface area contributed by atoms with Crippen LogP contribution in [-0.4, -0.2) is 36.2 Å². The van der Waals surface area contributed by atoms with Crippen LogP contribution in [0.5, 0.6) is 0 Å². The fourth-order valence-electron chi connectivity index (χ4n) is 0.510. The Morgan fingerprint density at radius 3 is 1.45 bits per heavy atom. The smallest absolute Gasteiger partial charge is 0.394 e. The minimum Gasteiger partial charge on any atom is -0.412 e. The number of ether oxygens (including phenoxy) is 1. The topological polar surface area (TPSA) is 115 Å². The van der Waals surface area contributed by atoms with Gasteiger partial charge in [-0.25, -0.2) is 0 Å². The van der Waals surface area contributed by atoms with E-state index in [1.54, 1.807) is 0 Å². The molecular weight excluding hydrogens is 176 g/mol. The molecule has 0 aromatic heterocycles. The molecule has 0 aromatic carbocycles. The molecule has 1 fully saturated rings. The molecule has 0 radical (unpaired) electrons. The first-order chi connectivity index (χ1) is 4.50. The summed E-state index contributed by atoms with van der Waals surface area (Å²) >= 11 is 0. The molecule has 0 spiro atoms. The summed E-state index contributed by atoms with van der Waals surface area (Å²) in [6.45, 7) is 2.00. The van der Waals surface area contributed by atoms with Crippen molar-refractivity contribution in [3.8, 4) is 0 Å². The Bertz CT molecular complexity index is 142. The van der Waals surface area contributed by atoms with Gasteiger partial charge in [-0.05, 0) is 12.8 Å². The summed E-state index contributed by atoms with van der Waals surface area (Å²) in [5, 5.41) is 0. The highest BCUT2D eigenvalue weighted by atomic mass is 32.3. The minimum absolute atomic E-state index is 0. The van der Waals surface area contributed by atoms with Crippen LogP contribution in [0.25, 0.3) is 0 Å². The second kappa shape index (κ2) is 6.50. The van der Waals surface area contributed by atoms with Crippen LogP contribution in [0, 0.1) is 0 Å². The van der Waals surface area contributed by atoms with E-state index in [0.717, 1.165) is 13.2 Å². The molecule has 1 aliphatic rings. The lowest BCUT2D eigenvalue weighted by atomic mass is 10.4. The van der Waals surface area contributed by atoms with Crippen LogP contribution >= 0.6 is 0 Å². The molecule has 7 heteroatoms. The standard InChI is InChI=1S/C4H8O.H2O4S.H2O/c1-2-4-5-3-1;1-5(2,3)4;/h1-4H2;(H2,1,2,3,4);1H2. The van der Waals surface area contributed by atoms with E-state index in [1.165, 1.54) is 12.8 Å². The summed E-state index contributed by atoms with van der Waals surface area (Å²) in [5.74, 6) is 0. The van der Waals surface area contributed by atoms with Gasteiger partial charge in [-0.3, -0.25) is 9.11 Å². The lowest BCUT2D eigenvalue weighted by Gasteiger charge is -1.76. The van der Waals surface area contributed by atoms with Crippen molar-refractivity contribution in [2.45, 2.75) is 12.8 Å². The molecule has 11 heavy (non-hydrogen) atoms. The highest BCUT2D eigenvalue weighted by Crippen LogP contribution is 1.98. The average molecular weight is 188 g/mol. The first-order valence-electron chi connectivity index (χ1n) is 2.78. The summed E-state index contributed by atoms with van der Waals surface area (Å²) in [7, 11) is -4.67. The van der Waals surface area contributed by atoms with Crippen LogP contribution in [-0.2, 0) is 15.1 Å². The van der Waals surface area contributed by atoms with Gasteiger partial charge in [0.2, 0.25) is 0 Å². The van der Waals surface area contributed by atoms with Crippen molar-refractivity contribution >= 4 is 10.4 Å². The SMILES string of the molecule is C1CCOC1.O.O=S(=O)(O)O. The van der Waals surface area contributed by atoms with E-state index in [9.17, 15) is 0 Å². The molecule has 0 aromatic rings. The van der Waals surface area contributed by atoms with Crippen LogP contribution < -0.4 is 0 Å². The van der Waals surface area contributed by atoms with Gasteiger partial charge in [-0.2, -0.15) is 8.42 Å². The molecule has 1 rings (SSSR count). The summed E-state index contributed by atoms with van der Waals surface area (Å²) in [4.78, 5) is 0. The number of rotatable bonds is 0. The zero-order valence-electron chi connectivity index (χ0n) is 5.86. The van der Waals surface area contributed by atoms with Crippen molar-refractivity contribution < 1.29 is 27.7 Å². The van der Waals surface area contributed by atoms with E-state index in [0.29, 0.717) is 0 Å². The lowest BCUT2D eigenvalue weighted by molar-refractivity contribution is 0.198. The van der Waals surface area contributed by atoms with Crippen LogP contribution in [0.4, 0.5) is 0 Å². The van der Waals surface area contributed by atoms with Crippen LogP contribution in [0.1, 0.15) is 12.8 Å². The number of hydrogen-bond donors (Lipinski definition) is 2. The average Bonchev–Trinajstić information content (AvgIpc) is 2.07. The first-order valence-corrected chi connectivity index (χ1v) is 4.17. The van der Waals surface area contributed by atoms with Gasteiger partial charge in [-0.1, -0.05) is 0 Å². The fourth-order valence-corrected chi connectivity index (χ4v) is 0.510. The first kappa shape index (κ1) is 13.4. The van der Waals surface area contributed by atoms with E-state index in [-0.39, 0.29) is 5.48 Å². The third kappa shape index (κ3) is 25.9. The maximum atomic E-state index is 8.74. The van der Waals surface area contributed by atoms with Gasteiger partial charge in [0, 0.05) is 13.2 Å². The molecule has 0 saturated carbocycles. The molecule has 0 atom stereocenters. The van der Waals surface area contributed by atoms with Gasteiger partial charge in [0.1, 0.15) is 0 Å².